The van der Waals surface area contributed by atoms with E-state index in [1.807, 2.05) is 6.92 Å². The Morgan fingerprint density at radius 1 is 1.14 bits per heavy atom. The van der Waals surface area contributed by atoms with E-state index >= 15 is 0 Å². The molecular weight excluding hydrogens is 352 g/mol. The standard InChI is InChI=1S/C24H38O4/c1-14(22(26)27)19-7-8-20-18-6-5-16-13-17(28-15(2)25)9-11-23(16,3)21(18)10-12-24(19,20)4/h5,14,17-22,26-27H,6-13H2,1-4H3/t14-,17-,18?,19?,20?,21?,23-,24+/m0/s1. The number of hydrogen-bond acceptors (Lipinski definition) is 4. The minimum absolute atomic E-state index is 0.0454. The highest BCUT2D eigenvalue weighted by Crippen LogP contribution is 2.67. The van der Waals surface area contributed by atoms with Gasteiger partial charge < -0.3 is 14.9 Å². The minimum atomic E-state index is -1.20. The van der Waals surface area contributed by atoms with Crippen LogP contribution in [0.25, 0.3) is 0 Å². The summed E-state index contributed by atoms with van der Waals surface area (Å²) in [4.78, 5) is 11.4. The molecule has 158 valence electrons. The van der Waals surface area contributed by atoms with Crippen LogP contribution in [0.15, 0.2) is 11.6 Å². The van der Waals surface area contributed by atoms with E-state index in [1.165, 1.54) is 31.8 Å². The molecule has 2 N–H and O–H groups in total. The Kier molecular flexibility index (Phi) is 5.19. The smallest absolute Gasteiger partial charge is 0.302 e. The SMILES string of the molecule is CC(=O)O[C@H]1CC[C@@]2(C)C(=CCC3C4CCC([C@H](C)C(O)O)[C@@]4(C)CCC32)C1. The Bertz CT molecular complexity index is 655. The van der Waals surface area contributed by atoms with Gasteiger partial charge in [-0.2, -0.15) is 0 Å². The van der Waals surface area contributed by atoms with Crippen LogP contribution in [-0.2, 0) is 9.53 Å². The Morgan fingerprint density at radius 2 is 1.89 bits per heavy atom. The maximum absolute atomic E-state index is 11.4. The highest BCUT2D eigenvalue weighted by Gasteiger charge is 2.59. The van der Waals surface area contributed by atoms with Gasteiger partial charge in [-0.1, -0.05) is 32.4 Å². The molecule has 4 rings (SSSR count). The predicted molar refractivity (Wildman–Crippen MR) is 108 cm³/mol. The van der Waals surface area contributed by atoms with Crippen molar-refractivity contribution in [3.8, 4) is 0 Å². The summed E-state index contributed by atoms with van der Waals surface area (Å²) < 4.78 is 5.54. The summed E-state index contributed by atoms with van der Waals surface area (Å²) in [5, 5.41) is 19.6. The molecule has 0 saturated heterocycles. The second-order valence-corrected chi connectivity index (χ2v) is 10.7. The average molecular weight is 391 g/mol. The lowest BCUT2D eigenvalue weighted by atomic mass is 9.47. The average Bonchev–Trinajstić information content (AvgIpc) is 2.98. The number of carbonyl (C=O) groups excluding carboxylic acids is 1. The van der Waals surface area contributed by atoms with Crippen LogP contribution < -0.4 is 0 Å². The fourth-order valence-corrected chi connectivity index (χ4v) is 8.07. The molecule has 0 amide bonds. The monoisotopic (exact) mass is 390 g/mol. The van der Waals surface area contributed by atoms with Crippen molar-refractivity contribution in [2.45, 2.75) is 91.5 Å². The largest absolute Gasteiger partial charge is 0.462 e. The molecule has 0 spiro atoms. The zero-order valence-corrected chi connectivity index (χ0v) is 18.0. The summed E-state index contributed by atoms with van der Waals surface area (Å²) in [6.45, 7) is 8.44. The van der Waals surface area contributed by atoms with Gasteiger partial charge in [-0.05, 0) is 79.4 Å². The molecule has 0 bridgehead atoms. The van der Waals surface area contributed by atoms with E-state index in [1.54, 1.807) is 0 Å². The molecule has 4 heteroatoms. The Morgan fingerprint density at radius 3 is 2.57 bits per heavy atom. The molecule has 3 fully saturated rings. The van der Waals surface area contributed by atoms with Gasteiger partial charge in [0.05, 0.1) is 0 Å². The minimum Gasteiger partial charge on any atom is -0.462 e. The zero-order chi connectivity index (χ0) is 20.3. The summed E-state index contributed by atoms with van der Waals surface area (Å²) in [7, 11) is 0. The quantitative estimate of drug-likeness (QED) is 0.425. The summed E-state index contributed by atoms with van der Waals surface area (Å²) in [6, 6.07) is 0. The molecule has 0 radical (unpaired) electrons. The molecule has 4 aliphatic carbocycles. The van der Waals surface area contributed by atoms with Crippen molar-refractivity contribution in [2.24, 2.45) is 40.4 Å². The Hall–Kier alpha value is -0.870. The van der Waals surface area contributed by atoms with E-state index in [4.69, 9.17) is 4.74 Å². The van der Waals surface area contributed by atoms with Gasteiger partial charge in [0.2, 0.25) is 0 Å². The molecule has 0 heterocycles. The van der Waals surface area contributed by atoms with Crippen LogP contribution in [0.3, 0.4) is 0 Å². The van der Waals surface area contributed by atoms with Crippen LogP contribution in [0.5, 0.6) is 0 Å². The van der Waals surface area contributed by atoms with E-state index in [0.29, 0.717) is 17.8 Å². The van der Waals surface area contributed by atoms with Crippen LogP contribution >= 0.6 is 0 Å². The first-order valence-corrected chi connectivity index (χ1v) is 11.4. The van der Waals surface area contributed by atoms with Crippen molar-refractivity contribution >= 4 is 5.97 Å². The zero-order valence-electron chi connectivity index (χ0n) is 18.0. The van der Waals surface area contributed by atoms with Crippen molar-refractivity contribution in [3.05, 3.63) is 11.6 Å². The van der Waals surface area contributed by atoms with Gasteiger partial charge in [-0.15, -0.1) is 0 Å². The number of fused-ring (bicyclic) bond motifs is 5. The molecular formula is C24H38O4. The maximum Gasteiger partial charge on any atom is 0.302 e. The third-order valence-corrected chi connectivity index (χ3v) is 9.57. The summed E-state index contributed by atoms with van der Waals surface area (Å²) in [6.07, 6.45) is 10.3. The van der Waals surface area contributed by atoms with Gasteiger partial charge in [0.1, 0.15) is 6.10 Å². The second kappa shape index (κ2) is 7.12. The number of rotatable bonds is 3. The van der Waals surface area contributed by atoms with Gasteiger partial charge in [0.15, 0.2) is 6.29 Å². The summed E-state index contributed by atoms with van der Waals surface area (Å²) in [5.41, 5.74) is 2.02. The lowest BCUT2D eigenvalue weighted by Gasteiger charge is -2.58. The van der Waals surface area contributed by atoms with E-state index in [-0.39, 0.29) is 28.8 Å². The summed E-state index contributed by atoms with van der Waals surface area (Å²) in [5.74, 6) is 2.34. The number of allylic oxidation sites excluding steroid dienone is 1. The molecule has 0 aromatic carbocycles. The van der Waals surface area contributed by atoms with Crippen molar-refractivity contribution in [3.63, 3.8) is 0 Å². The molecule has 4 nitrogen and oxygen atoms in total. The predicted octanol–water partition coefficient (Wildman–Crippen LogP) is 4.44. The van der Waals surface area contributed by atoms with Crippen molar-refractivity contribution in [1.82, 2.24) is 0 Å². The molecule has 0 aliphatic heterocycles. The highest BCUT2D eigenvalue weighted by atomic mass is 16.5. The first kappa shape index (κ1) is 20.4. The van der Waals surface area contributed by atoms with Crippen LogP contribution in [-0.4, -0.2) is 28.6 Å². The van der Waals surface area contributed by atoms with Gasteiger partial charge in [-0.3, -0.25) is 4.79 Å². The molecule has 3 saturated carbocycles. The van der Waals surface area contributed by atoms with Crippen molar-refractivity contribution in [1.29, 1.82) is 0 Å². The first-order valence-electron chi connectivity index (χ1n) is 11.4. The van der Waals surface area contributed by atoms with E-state index < -0.39 is 6.29 Å². The molecule has 0 aromatic rings. The molecule has 0 aromatic heterocycles. The van der Waals surface area contributed by atoms with Gasteiger partial charge in [-0.25, -0.2) is 0 Å². The van der Waals surface area contributed by atoms with Crippen molar-refractivity contribution in [2.75, 3.05) is 0 Å². The molecule has 28 heavy (non-hydrogen) atoms. The van der Waals surface area contributed by atoms with E-state index in [0.717, 1.165) is 38.0 Å². The summed E-state index contributed by atoms with van der Waals surface area (Å²) >= 11 is 0. The molecule has 4 aliphatic rings. The highest BCUT2D eigenvalue weighted by molar-refractivity contribution is 5.66. The molecule has 8 atom stereocenters. The van der Waals surface area contributed by atoms with Crippen LogP contribution in [0.4, 0.5) is 0 Å². The number of ether oxygens (including phenoxy) is 1. The fraction of sp³-hybridized carbons (Fsp3) is 0.875. The second-order valence-electron chi connectivity index (χ2n) is 10.7. The lowest BCUT2D eigenvalue weighted by molar-refractivity contribution is -0.149. The third-order valence-electron chi connectivity index (χ3n) is 9.57. The number of hydrogen-bond donors (Lipinski definition) is 2. The lowest BCUT2D eigenvalue weighted by Crippen LogP contribution is -2.51. The Labute approximate surface area is 169 Å². The number of aliphatic hydroxyl groups excluding tert-OH is 1. The Balaban J connectivity index is 1.56. The number of esters is 1. The number of aliphatic hydroxyl groups is 2. The molecule has 4 unspecified atom stereocenters. The van der Waals surface area contributed by atoms with Crippen molar-refractivity contribution < 1.29 is 19.7 Å². The number of carbonyl (C=O) groups is 1. The van der Waals surface area contributed by atoms with Gasteiger partial charge in [0.25, 0.3) is 0 Å². The van der Waals surface area contributed by atoms with Crippen LogP contribution in [0, 0.1) is 40.4 Å². The normalized spacial score (nSPS) is 46.2. The van der Waals surface area contributed by atoms with Gasteiger partial charge in [0, 0.05) is 19.3 Å². The maximum atomic E-state index is 11.4. The van der Waals surface area contributed by atoms with Crippen LogP contribution in [0.2, 0.25) is 0 Å². The fourth-order valence-electron chi connectivity index (χ4n) is 8.07. The van der Waals surface area contributed by atoms with E-state index in [9.17, 15) is 15.0 Å². The third kappa shape index (κ3) is 3.06. The van der Waals surface area contributed by atoms with Gasteiger partial charge >= 0.3 is 5.97 Å². The first-order chi connectivity index (χ1) is 13.2. The topological polar surface area (TPSA) is 66.8 Å². The van der Waals surface area contributed by atoms with Crippen LogP contribution in [0.1, 0.15) is 79.1 Å². The van der Waals surface area contributed by atoms with E-state index in [2.05, 4.69) is 19.9 Å².